The van der Waals surface area contributed by atoms with E-state index in [2.05, 4.69) is 9.97 Å². The van der Waals surface area contributed by atoms with E-state index >= 15 is 0 Å². The molecule has 0 radical (unpaired) electrons. The van der Waals surface area contributed by atoms with Crippen molar-refractivity contribution in [3.63, 3.8) is 0 Å². The molecule has 7 heteroatoms. The first-order valence-electron chi connectivity index (χ1n) is 4.77. The monoisotopic (exact) mass is 241 g/mol. The van der Waals surface area contributed by atoms with Gasteiger partial charge in [0.1, 0.15) is 0 Å². The van der Waals surface area contributed by atoms with E-state index in [1.807, 2.05) is 4.72 Å². The lowest BCUT2D eigenvalue weighted by Crippen LogP contribution is -2.36. The molecule has 0 spiro atoms. The van der Waals surface area contributed by atoms with Gasteiger partial charge in [0.25, 0.3) is 10.0 Å². The Morgan fingerprint density at radius 2 is 2.12 bits per heavy atom. The number of carbonyl (C=O) groups excluding carboxylic acids is 1. The van der Waals surface area contributed by atoms with Gasteiger partial charge in [0, 0.05) is 17.8 Å². The minimum Gasteiger partial charge on any atom is -0.273 e. The molecule has 0 atom stereocenters. The summed E-state index contributed by atoms with van der Waals surface area (Å²) >= 11 is 0. The standard InChI is InChI=1S/C9H11N3O3S/c1-9(2-3-9)8(13)12-16(14,15)7-6-10-4-5-11-7/h4-6H,2-3H2,1H3,(H,12,13). The number of aromatic nitrogens is 2. The lowest BCUT2D eigenvalue weighted by Gasteiger charge is -2.09. The first-order chi connectivity index (χ1) is 7.44. The molecule has 1 fully saturated rings. The molecule has 6 nitrogen and oxygen atoms in total. The van der Waals surface area contributed by atoms with Crippen LogP contribution in [0.5, 0.6) is 0 Å². The van der Waals surface area contributed by atoms with Crippen LogP contribution in [0.2, 0.25) is 0 Å². The van der Waals surface area contributed by atoms with Crippen LogP contribution in [0.1, 0.15) is 19.8 Å². The van der Waals surface area contributed by atoms with Gasteiger partial charge in [-0.1, -0.05) is 6.92 Å². The fourth-order valence-electron chi connectivity index (χ4n) is 1.14. The normalized spacial score (nSPS) is 17.8. The summed E-state index contributed by atoms with van der Waals surface area (Å²) in [7, 11) is -3.88. The number of amides is 1. The Bertz CT molecular complexity index is 508. The van der Waals surface area contributed by atoms with Crippen molar-refractivity contribution in [2.24, 2.45) is 5.41 Å². The van der Waals surface area contributed by atoms with Crippen LogP contribution in [0.3, 0.4) is 0 Å². The zero-order chi connectivity index (χ0) is 11.8. The van der Waals surface area contributed by atoms with E-state index < -0.39 is 21.3 Å². The van der Waals surface area contributed by atoms with Crippen LogP contribution in [-0.4, -0.2) is 24.3 Å². The van der Waals surface area contributed by atoms with Crippen LogP contribution in [-0.2, 0) is 14.8 Å². The summed E-state index contributed by atoms with van der Waals surface area (Å²) in [5.41, 5.74) is -0.532. The predicted octanol–water partition coefficient (Wildman–Crippen LogP) is 0.0816. The van der Waals surface area contributed by atoms with Crippen LogP contribution in [0.4, 0.5) is 0 Å². The summed E-state index contributed by atoms with van der Waals surface area (Å²) in [5.74, 6) is -0.474. The molecule has 1 aromatic rings. The number of hydrogen-bond acceptors (Lipinski definition) is 5. The molecular weight excluding hydrogens is 230 g/mol. The number of carbonyl (C=O) groups is 1. The van der Waals surface area contributed by atoms with Gasteiger partial charge in [-0.15, -0.1) is 0 Å². The summed E-state index contributed by atoms with van der Waals surface area (Å²) in [6.07, 6.45) is 5.16. The highest BCUT2D eigenvalue weighted by Gasteiger charge is 2.46. The summed E-state index contributed by atoms with van der Waals surface area (Å²) < 4.78 is 25.4. The molecule has 86 valence electrons. The predicted molar refractivity (Wildman–Crippen MR) is 54.7 cm³/mol. The van der Waals surface area contributed by atoms with Crippen molar-refractivity contribution in [1.29, 1.82) is 0 Å². The largest absolute Gasteiger partial charge is 0.283 e. The van der Waals surface area contributed by atoms with Crippen molar-refractivity contribution in [2.75, 3.05) is 0 Å². The molecule has 0 unspecified atom stereocenters. The maximum Gasteiger partial charge on any atom is 0.283 e. The van der Waals surface area contributed by atoms with E-state index in [1.54, 1.807) is 6.92 Å². The van der Waals surface area contributed by atoms with Gasteiger partial charge in [-0.25, -0.2) is 9.71 Å². The molecule has 1 N–H and O–H groups in total. The molecule has 0 aromatic carbocycles. The van der Waals surface area contributed by atoms with Crippen LogP contribution in [0.15, 0.2) is 23.6 Å². The van der Waals surface area contributed by atoms with E-state index in [1.165, 1.54) is 12.4 Å². The third-order valence-corrected chi connectivity index (χ3v) is 3.81. The van der Waals surface area contributed by atoms with Crippen LogP contribution < -0.4 is 4.72 Å². The Balaban J connectivity index is 2.18. The van der Waals surface area contributed by atoms with Crippen molar-refractivity contribution >= 4 is 15.9 Å². The molecule has 1 aromatic heterocycles. The zero-order valence-corrected chi connectivity index (χ0v) is 9.49. The Morgan fingerprint density at radius 1 is 1.44 bits per heavy atom. The van der Waals surface area contributed by atoms with Crippen LogP contribution >= 0.6 is 0 Å². The smallest absolute Gasteiger partial charge is 0.273 e. The fourth-order valence-corrected chi connectivity index (χ4v) is 2.13. The van der Waals surface area contributed by atoms with E-state index in [4.69, 9.17) is 0 Å². The Hall–Kier alpha value is -1.50. The first-order valence-corrected chi connectivity index (χ1v) is 6.26. The quantitative estimate of drug-likeness (QED) is 0.809. The highest BCUT2D eigenvalue weighted by atomic mass is 32.2. The second-order valence-corrected chi connectivity index (χ2v) is 5.67. The molecular formula is C9H11N3O3S. The lowest BCUT2D eigenvalue weighted by atomic mass is 10.1. The summed E-state index contributed by atoms with van der Waals surface area (Å²) in [4.78, 5) is 18.9. The van der Waals surface area contributed by atoms with Gasteiger partial charge >= 0.3 is 0 Å². The molecule has 1 heterocycles. The van der Waals surface area contributed by atoms with E-state index in [-0.39, 0.29) is 5.03 Å². The van der Waals surface area contributed by atoms with Gasteiger partial charge in [0.15, 0.2) is 5.03 Å². The Morgan fingerprint density at radius 3 is 2.62 bits per heavy atom. The molecule has 2 rings (SSSR count). The third kappa shape index (κ3) is 2.04. The highest BCUT2D eigenvalue weighted by molar-refractivity contribution is 7.90. The minimum atomic E-state index is -3.88. The van der Waals surface area contributed by atoms with Gasteiger partial charge < -0.3 is 0 Å². The Labute approximate surface area is 93.2 Å². The average Bonchev–Trinajstić information content (AvgIpc) is 2.99. The van der Waals surface area contributed by atoms with Crippen molar-refractivity contribution in [2.45, 2.75) is 24.8 Å². The molecule has 1 aliphatic rings. The topological polar surface area (TPSA) is 89.0 Å². The van der Waals surface area contributed by atoms with Crippen molar-refractivity contribution in [3.8, 4) is 0 Å². The lowest BCUT2D eigenvalue weighted by molar-refractivity contribution is -0.123. The average molecular weight is 241 g/mol. The molecule has 1 saturated carbocycles. The van der Waals surface area contributed by atoms with Crippen LogP contribution in [0, 0.1) is 5.41 Å². The van der Waals surface area contributed by atoms with Gasteiger partial charge in [0.2, 0.25) is 5.91 Å². The molecule has 1 aliphatic carbocycles. The third-order valence-electron chi connectivity index (χ3n) is 2.59. The van der Waals surface area contributed by atoms with Gasteiger partial charge in [-0.2, -0.15) is 8.42 Å². The molecule has 1 amide bonds. The molecule has 0 aliphatic heterocycles. The Kier molecular flexibility index (Phi) is 2.42. The number of nitrogens with zero attached hydrogens (tertiary/aromatic N) is 2. The number of sulfonamides is 1. The number of nitrogens with one attached hydrogen (secondary N) is 1. The first kappa shape index (κ1) is 11.0. The van der Waals surface area contributed by atoms with E-state index in [0.717, 1.165) is 19.0 Å². The maximum atomic E-state index is 11.7. The summed E-state index contributed by atoms with van der Waals surface area (Å²) in [6.45, 7) is 1.73. The summed E-state index contributed by atoms with van der Waals surface area (Å²) in [6, 6.07) is 0. The minimum absolute atomic E-state index is 0.243. The van der Waals surface area contributed by atoms with Gasteiger partial charge in [-0.05, 0) is 12.8 Å². The van der Waals surface area contributed by atoms with Gasteiger partial charge in [0.05, 0.1) is 6.20 Å². The number of rotatable bonds is 3. The SMILES string of the molecule is CC1(C(=O)NS(=O)(=O)c2cnccn2)CC1. The maximum absolute atomic E-state index is 11.7. The summed E-state index contributed by atoms with van der Waals surface area (Å²) in [5, 5.41) is -0.243. The van der Waals surface area contributed by atoms with E-state index in [0.29, 0.717) is 0 Å². The fraction of sp³-hybridized carbons (Fsp3) is 0.444. The van der Waals surface area contributed by atoms with Gasteiger partial charge in [-0.3, -0.25) is 9.78 Å². The van der Waals surface area contributed by atoms with E-state index in [9.17, 15) is 13.2 Å². The van der Waals surface area contributed by atoms with Crippen molar-refractivity contribution < 1.29 is 13.2 Å². The highest BCUT2D eigenvalue weighted by Crippen LogP contribution is 2.45. The molecule has 0 saturated heterocycles. The zero-order valence-electron chi connectivity index (χ0n) is 8.67. The second kappa shape index (κ2) is 3.51. The molecule has 16 heavy (non-hydrogen) atoms. The molecule has 0 bridgehead atoms. The van der Waals surface area contributed by atoms with Crippen LogP contribution in [0.25, 0.3) is 0 Å². The number of hydrogen-bond donors (Lipinski definition) is 1. The van der Waals surface area contributed by atoms with Crippen molar-refractivity contribution in [1.82, 2.24) is 14.7 Å². The second-order valence-electron chi connectivity index (χ2n) is 4.04. The van der Waals surface area contributed by atoms with Crippen molar-refractivity contribution in [3.05, 3.63) is 18.6 Å².